The fraction of sp³-hybridized carbons (Fsp3) is 0.143. The van der Waals surface area contributed by atoms with E-state index in [2.05, 4.69) is 9.71 Å². The van der Waals surface area contributed by atoms with E-state index < -0.39 is 16.1 Å². The number of sulfonamides is 1. The lowest BCUT2D eigenvalue weighted by Crippen LogP contribution is -2.27. The van der Waals surface area contributed by atoms with Crippen molar-refractivity contribution in [3.8, 4) is 6.07 Å². The number of anilines is 1. The first kappa shape index (κ1) is 15.0. The SMILES string of the molecule is CC(NS(=O)(=O)c1cccnc1N)c1ccc(C#N)cc1. The Morgan fingerprint density at radius 3 is 2.52 bits per heavy atom. The standard InChI is InChI=1S/C14H14N4O2S/c1-10(12-6-4-11(9-15)5-7-12)18-21(19,20)13-3-2-8-17-14(13)16/h2-8,10,18H,1H3,(H2,16,17). The molecule has 0 amide bonds. The summed E-state index contributed by atoms with van der Waals surface area (Å²) in [6.07, 6.45) is 1.43. The Balaban J connectivity index is 2.24. The van der Waals surface area contributed by atoms with Gasteiger partial charge in [0.05, 0.1) is 11.6 Å². The van der Waals surface area contributed by atoms with E-state index in [1.165, 1.54) is 18.3 Å². The maximum Gasteiger partial charge on any atom is 0.244 e. The third-order valence-corrected chi connectivity index (χ3v) is 4.55. The van der Waals surface area contributed by atoms with Crippen molar-refractivity contribution in [1.82, 2.24) is 9.71 Å². The zero-order valence-corrected chi connectivity index (χ0v) is 12.1. The van der Waals surface area contributed by atoms with Gasteiger partial charge in [-0.05, 0) is 36.8 Å². The second-order valence-corrected chi connectivity index (χ2v) is 6.15. The lowest BCUT2D eigenvalue weighted by Gasteiger charge is -2.15. The second-order valence-electron chi connectivity index (χ2n) is 4.46. The summed E-state index contributed by atoms with van der Waals surface area (Å²) in [5, 5.41) is 8.75. The first-order valence-electron chi connectivity index (χ1n) is 6.17. The molecule has 1 aromatic carbocycles. The monoisotopic (exact) mass is 302 g/mol. The van der Waals surface area contributed by atoms with Gasteiger partial charge in [0.1, 0.15) is 10.7 Å². The zero-order chi connectivity index (χ0) is 15.5. The molecule has 0 bridgehead atoms. The fourth-order valence-corrected chi connectivity index (χ4v) is 3.15. The highest BCUT2D eigenvalue weighted by Gasteiger charge is 2.21. The predicted molar refractivity (Wildman–Crippen MR) is 78.5 cm³/mol. The molecule has 0 aliphatic rings. The van der Waals surface area contributed by atoms with Gasteiger partial charge < -0.3 is 5.73 Å². The van der Waals surface area contributed by atoms with Crippen molar-refractivity contribution in [2.45, 2.75) is 17.9 Å². The van der Waals surface area contributed by atoms with Crippen LogP contribution in [0.1, 0.15) is 24.1 Å². The molecular formula is C14H14N4O2S. The van der Waals surface area contributed by atoms with E-state index in [9.17, 15) is 8.42 Å². The van der Waals surface area contributed by atoms with Crippen LogP contribution in [0.5, 0.6) is 0 Å². The number of nitrogens with zero attached hydrogens (tertiary/aromatic N) is 2. The number of nitrogens with one attached hydrogen (secondary N) is 1. The van der Waals surface area contributed by atoms with Gasteiger partial charge in [-0.1, -0.05) is 12.1 Å². The van der Waals surface area contributed by atoms with Crippen LogP contribution in [-0.2, 0) is 10.0 Å². The number of rotatable bonds is 4. The van der Waals surface area contributed by atoms with E-state index in [4.69, 9.17) is 11.0 Å². The van der Waals surface area contributed by atoms with Crippen LogP contribution >= 0.6 is 0 Å². The molecule has 2 aromatic rings. The number of nitrogen functional groups attached to an aromatic ring is 1. The molecular weight excluding hydrogens is 288 g/mol. The molecule has 0 saturated heterocycles. The van der Waals surface area contributed by atoms with Gasteiger partial charge in [-0.2, -0.15) is 5.26 Å². The number of hydrogen-bond donors (Lipinski definition) is 2. The quantitative estimate of drug-likeness (QED) is 0.891. The summed E-state index contributed by atoms with van der Waals surface area (Å²) in [5.74, 6) is -0.0444. The van der Waals surface area contributed by atoms with Crippen LogP contribution in [0.2, 0.25) is 0 Å². The molecule has 21 heavy (non-hydrogen) atoms. The van der Waals surface area contributed by atoms with E-state index in [0.29, 0.717) is 5.56 Å². The van der Waals surface area contributed by atoms with Crippen LogP contribution < -0.4 is 10.5 Å². The van der Waals surface area contributed by atoms with E-state index in [1.807, 2.05) is 6.07 Å². The molecule has 1 atom stereocenters. The van der Waals surface area contributed by atoms with E-state index in [1.54, 1.807) is 31.2 Å². The lowest BCUT2D eigenvalue weighted by atomic mass is 10.1. The van der Waals surface area contributed by atoms with Crippen LogP contribution in [0.25, 0.3) is 0 Å². The maximum atomic E-state index is 12.3. The van der Waals surface area contributed by atoms with Gasteiger partial charge in [0, 0.05) is 12.2 Å². The Morgan fingerprint density at radius 1 is 1.29 bits per heavy atom. The highest BCUT2D eigenvalue weighted by Crippen LogP contribution is 2.19. The molecule has 0 saturated carbocycles. The summed E-state index contributed by atoms with van der Waals surface area (Å²) in [4.78, 5) is 3.72. The number of aromatic nitrogens is 1. The lowest BCUT2D eigenvalue weighted by molar-refractivity contribution is 0.567. The van der Waals surface area contributed by atoms with E-state index >= 15 is 0 Å². The Hall–Kier alpha value is -2.43. The molecule has 1 unspecified atom stereocenters. The normalized spacial score (nSPS) is 12.6. The van der Waals surface area contributed by atoms with Crippen LogP contribution in [-0.4, -0.2) is 13.4 Å². The van der Waals surface area contributed by atoms with Crippen molar-refractivity contribution in [1.29, 1.82) is 5.26 Å². The molecule has 1 aromatic heterocycles. The van der Waals surface area contributed by atoms with Gasteiger partial charge >= 0.3 is 0 Å². The molecule has 0 aliphatic heterocycles. The smallest absolute Gasteiger partial charge is 0.244 e. The Morgan fingerprint density at radius 2 is 1.95 bits per heavy atom. The summed E-state index contributed by atoms with van der Waals surface area (Å²) in [7, 11) is -3.76. The third kappa shape index (κ3) is 3.37. The molecule has 0 fully saturated rings. The number of pyridine rings is 1. The zero-order valence-electron chi connectivity index (χ0n) is 11.3. The highest BCUT2D eigenvalue weighted by molar-refractivity contribution is 7.89. The highest BCUT2D eigenvalue weighted by atomic mass is 32.2. The first-order valence-corrected chi connectivity index (χ1v) is 7.65. The molecule has 108 valence electrons. The van der Waals surface area contributed by atoms with Crippen molar-refractivity contribution in [2.75, 3.05) is 5.73 Å². The number of hydrogen-bond acceptors (Lipinski definition) is 5. The maximum absolute atomic E-state index is 12.3. The predicted octanol–water partition coefficient (Wildman–Crippen LogP) is 1.57. The molecule has 2 rings (SSSR count). The fourth-order valence-electron chi connectivity index (χ4n) is 1.84. The van der Waals surface area contributed by atoms with E-state index in [0.717, 1.165) is 5.56 Å². The largest absolute Gasteiger partial charge is 0.383 e. The van der Waals surface area contributed by atoms with Gasteiger partial charge in [0.25, 0.3) is 0 Å². The van der Waals surface area contributed by atoms with Crippen LogP contribution in [0.3, 0.4) is 0 Å². The summed E-state index contributed by atoms with van der Waals surface area (Å²) < 4.78 is 27.1. The minimum Gasteiger partial charge on any atom is -0.383 e. The second kappa shape index (κ2) is 5.91. The number of nitrogens with two attached hydrogens (primary N) is 1. The Kier molecular flexibility index (Phi) is 4.21. The Bertz CT molecular complexity index is 779. The van der Waals surface area contributed by atoms with Crippen molar-refractivity contribution in [3.63, 3.8) is 0 Å². The molecule has 1 heterocycles. The average Bonchev–Trinajstić information content (AvgIpc) is 2.47. The van der Waals surface area contributed by atoms with Gasteiger partial charge in [0.2, 0.25) is 10.0 Å². The first-order chi connectivity index (χ1) is 9.94. The molecule has 0 spiro atoms. The molecule has 0 aliphatic carbocycles. The van der Waals surface area contributed by atoms with Crippen molar-refractivity contribution in [2.24, 2.45) is 0 Å². The third-order valence-electron chi connectivity index (χ3n) is 2.96. The summed E-state index contributed by atoms with van der Waals surface area (Å²) >= 11 is 0. The summed E-state index contributed by atoms with van der Waals surface area (Å²) in [5.41, 5.74) is 6.86. The van der Waals surface area contributed by atoms with Gasteiger partial charge in [-0.3, -0.25) is 0 Å². The topological polar surface area (TPSA) is 109 Å². The summed E-state index contributed by atoms with van der Waals surface area (Å²) in [6.45, 7) is 1.71. The van der Waals surface area contributed by atoms with Crippen molar-refractivity contribution in [3.05, 3.63) is 53.7 Å². The van der Waals surface area contributed by atoms with Gasteiger partial charge in [0.15, 0.2) is 0 Å². The van der Waals surface area contributed by atoms with Crippen molar-refractivity contribution < 1.29 is 8.42 Å². The van der Waals surface area contributed by atoms with Gasteiger partial charge in [-0.15, -0.1) is 0 Å². The minimum atomic E-state index is -3.76. The Labute approximate surface area is 123 Å². The van der Waals surface area contributed by atoms with Crippen LogP contribution in [0.4, 0.5) is 5.82 Å². The summed E-state index contributed by atoms with van der Waals surface area (Å²) in [6, 6.07) is 11.2. The van der Waals surface area contributed by atoms with E-state index in [-0.39, 0.29) is 10.7 Å². The molecule has 7 heteroatoms. The molecule has 3 N–H and O–H groups in total. The van der Waals surface area contributed by atoms with Gasteiger partial charge in [-0.25, -0.2) is 18.1 Å². The van der Waals surface area contributed by atoms with Crippen LogP contribution in [0.15, 0.2) is 47.5 Å². The number of nitriles is 1. The average molecular weight is 302 g/mol. The van der Waals surface area contributed by atoms with Crippen LogP contribution in [0, 0.1) is 11.3 Å². The number of benzene rings is 1. The van der Waals surface area contributed by atoms with Crippen molar-refractivity contribution >= 4 is 15.8 Å². The minimum absolute atomic E-state index is 0.0444. The molecule has 0 radical (unpaired) electrons. The molecule has 6 nitrogen and oxygen atoms in total.